The van der Waals surface area contributed by atoms with Gasteiger partial charge in [-0.2, -0.15) is 0 Å². The average Bonchev–Trinajstić information content (AvgIpc) is 3.10. The Morgan fingerprint density at radius 2 is 1.49 bits per heavy atom. The van der Waals surface area contributed by atoms with Gasteiger partial charge in [-0.3, -0.25) is 9.69 Å². The number of hydrogen-bond donors (Lipinski definition) is 0. The fourth-order valence-electron chi connectivity index (χ4n) is 5.42. The molecule has 3 aromatic carbocycles. The van der Waals surface area contributed by atoms with Crippen molar-refractivity contribution >= 4 is 18.1 Å². The molecule has 0 atom stereocenters. The van der Waals surface area contributed by atoms with Gasteiger partial charge in [-0.15, -0.1) is 0 Å². The third-order valence-corrected chi connectivity index (χ3v) is 8.02. The SMILES string of the molecule is COCC=Cc1ccc(CN2CCN(C(=O)C=Cc3cc(C)c(Oc4ccc(OCc5ccc(OC)cc5)cn4)c(C)c3)CC2)cc1. The first-order chi connectivity index (χ1) is 22.9. The minimum Gasteiger partial charge on any atom is -0.497 e. The van der Waals surface area contributed by atoms with Gasteiger partial charge in [-0.1, -0.05) is 48.6 Å². The lowest BCUT2D eigenvalue weighted by atomic mass is 10.1. The van der Waals surface area contributed by atoms with Crippen LogP contribution in [0.3, 0.4) is 0 Å². The van der Waals surface area contributed by atoms with Crippen LogP contribution in [-0.4, -0.2) is 67.7 Å². The smallest absolute Gasteiger partial charge is 0.246 e. The van der Waals surface area contributed by atoms with Crippen molar-refractivity contribution in [1.29, 1.82) is 0 Å². The zero-order chi connectivity index (χ0) is 33.0. The van der Waals surface area contributed by atoms with Crippen LogP contribution in [-0.2, 0) is 22.7 Å². The number of methoxy groups -OCH3 is 2. The van der Waals surface area contributed by atoms with Crippen LogP contribution in [0.2, 0.25) is 0 Å². The zero-order valence-corrected chi connectivity index (χ0v) is 27.6. The first kappa shape index (κ1) is 33.4. The predicted octanol–water partition coefficient (Wildman–Crippen LogP) is 7.10. The van der Waals surface area contributed by atoms with Crippen LogP contribution in [0.5, 0.6) is 23.1 Å². The lowest BCUT2D eigenvalue weighted by molar-refractivity contribution is -0.127. The van der Waals surface area contributed by atoms with Crippen LogP contribution < -0.4 is 14.2 Å². The molecule has 0 bridgehead atoms. The molecule has 8 heteroatoms. The largest absolute Gasteiger partial charge is 0.497 e. The van der Waals surface area contributed by atoms with Gasteiger partial charge in [0.1, 0.15) is 23.9 Å². The van der Waals surface area contributed by atoms with Gasteiger partial charge in [0.05, 0.1) is 19.9 Å². The van der Waals surface area contributed by atoms with Crippen molar-refractivity contribution < 1.29 is 23.7 Å². The van der Waals surface area contributed by atoms with Crippen LogP contribution >= 0.6 is 0 Å². The molecule has 4 aromatic rings. The molecule has 47 heavy (non-hydrogen) atoms. The van der Waals surface area contributed by atoms with Gasteiger partial charge >= 0.3 is 0 Å². The highest BCUT2D eigenvalue weighted by molar-refractivity contribution is 5.92. The maximum absolute atomic E-state index is 13.0. The molecule has 244 valence electrons. The molecule has 1 aliphatic rings. The lowest BCUT2D eigenvalue weighted by Gasteiger charge is -2.34. The van der Waals surface area contributed by atoms with E-state index in [4.69, 9.17) is 18.9 Å². The van der Waals surface area contributed by atoms with E-state index in [1.807, 2.05) is 73.4 Å². The van der Waals surface area contributed by atoms with Crippen molar-refractivity contribution in [3.63, 3.8) is 0 Å². The van der Waals surface area contributed by atoms with Crippen LogP contribution in [0.15, 0.2) is 91.1 Å². The van der Waals surface area contributed by atoms with Crippen molar-refractivity contribution in [2.45, 2.75) is 27.0 Å². The average molecular weight is 634 g/mol. The molecule has 0 saturated carbocycles. The van der Waals surface area contributed by atoms with E-state index in [2.05, 4.69) is 40.2 Å². The van der Waals surface area contributed by atoms with Crippen LogP contribution in [0.25, 0.3) is 12.2 Å². The van der Waals surface area contributed by atoms with Crippen molar-refractivity contribution in [1.82, 2.24) is 14.8 Å². The van der Waals surface area contributed by atoms with E-state index < -0.39 is 0 Å². The van der Waals surface area contributed by atoms with E-state index >= 15 is 0 Å². The number of carbonyl (C=O) groups excluding carboxylic acids is 1. The number of benzene rings is 3. The molecule has 0 spiro atoms. The summed E-state index contributed by atoms with van der Waals surface area (Å²) in [7, 11) is 3.34. The van der Waals surface area contributed by atoms with Gasteiger partial charge in [0.15, 0.2) is 0 Å². The quantitative estimate of drug-likeness (QED) is 0.146. The molecule has 0 radical (unpaired) electrons. The summed E-state index contributed by atoms with van der Waals surface area (Å²) >= 11 is 0. The summed E-state index contributed by atoms with van der Waals surface area (Å²) in [6.07, 6.45) is 9.29. The Hall–Kier alpha value is -4.92. The van der Waals surface area contributed by atoms with Gasteiger partial charge in [-0.05, 0) is 83.6 Å². The molecular weight excluding hydrogens is 590 g/mol. The first-order valence-corrected chi connectivity index (χ1v) is 15.8. The van der Waals surface area contributed by atoms with E-state index in [0.29, 0.717) is 37.9 Å². The number of nitrogens with zero attached hydrogens (tertiary/aromatic N) is 3. The van der Waals surface area contributed by atoms with Gasteiger partial charge in [0.2, 0.25) is 11.8 Å². The Morgan fingerprint density at radius 3 is 2.13 bits per heavy atom. The fourth-order valence-corrected chi connectivity index (χ4v) is 5.42. The molecular formula is C39H43N3O5. The van der Waals surface area contributed by atoms with Gasteiger partial charge < -0.3 is 23.8 Å². The van der Waals surface area contributed by atoms with Crippen LogP contribution in [0.1, 0.15) is 33.4 Å². The van der Waals surface area contributed by atoms with E-state index in [1.165, 1.54) is 5.56 Å². The first-order valence-electron chi connectivity index (χ1n) is 15.8. The van der Waals surface area contributed by atoms with Crippen molar-refractivity contribution in [3.05, 3.63) is 125 Å². The molecule has 8 nitrogen and oxygen atoms in total. The second-order valence-corrected chi connectivity index (χ2v) is 11.6. The number of hydrogen-bond acceptors (Lipinski definition) is 7. The summed E-state index contributed by atoms with van der Waals surface area (Å²) in [6.45, 7) is 9.05. The Labute approximate surface area is 277 Å². The van der Waals surface area contributed by atoms with Crippen molar-refractivity contribution in [2.24, 2.45) is 0 Å². The Kier molecular flexibility index (Phi) is 11.8. The molecule has 0 N–H and O–H groups in total. The number of rotatable bonds is 13. The molecule has 5 rings (SSSR count). The number of amides is 1. The second kappa shape index (κ2) is 16.6. The second-order valence-electron chi connectivity index (χ2n) is 11.6. The molecule has 1 amide bonds. The van der Waals surface area contributed by atoms with Gasteiger partial charge in [0.25, 0.3) is 0 Å². The van der Waals surface area contributed by atoms with Crippen LogP contribution in [0.4, 0.5) is 0 Å². The molecule has 1 saturated heterocycles. The zero-order valence-electron chi connectivity index (χ0n) is 27.6. The summed E-state index contributed by atoms with van der Waals surface area (Å²) in [5.41, 5.74) is 6.36. The van der Waals surface area contributed by atoms with Gasteiger partial charge in [-0.25, -0.2) is 4.98 Å². The predicted molar refractivity (Wildman–Crippen MR) is 186 cm³/mol. The number of carbonyl (C=O) groups is 1. The summed E-state index contributed by atoms with van der Waals surface area (Å²) in [5.74, 6) is 2.74. The van der Waals surface area contributed by atoms with Crippen molar-refractivity contribution in [2.75, 3.05) is 47.0 Å². The lowest BCUT2D eigenvalue weighted by Crippen LogP contribution is -2.47. The molecule has 0 aliphatic carbocycles. The topological polar surface area (TPSA) is 73.4 Å². The fraction of sp³-hybridized carbons (Fsp3) is 0.282. The number of aromatic nitrogens is 1. The van der Waals surface area contributed by atoms with E-state index in [1.54, 1.807) is 32.6 Å². The Balaban J connectivity index is 1.09. The maximum Gasteiger partial charge on any atom is 0.246 e. The number of pyridine rings is 1. The summed E-state index contributed by atoms with van der Waals surface area (Å²) in [4.78, 5) is 21.7. The van der Waals surface area contributed by atoms with Crippen molar-refractivity contribution in [3.8, 4) is 23.1 Å². The number of piperazine rings is 1. The third kappa shape index (κ3) is 9.78. The summed E-state index contributed by atoms with van der Waals surface area (Å²) < 4.78 is 22.3. The normalized spacial score (nSPS) is 13.7. The highest BCUT2D eigenvalue weighted by atomic mass is 16.5. The summed E-state index contributed by atoms with van der Waals surface area (Å²) in [6, 6.07) is 24.0. The van der Waals surface area contributed by atoms with Crippen LogP contribution in [0, 0.1) is 13.8 Å². The number of aryl methyl sites for hydroxylation is 2. The Bertz CT molecular complexity index is 1630. The highest BCUT2D eigenvalue weighted by Crippen LogP contribution is 2.30. The van der Waals surface area contributed by atoms with E-state index in [0.717, 1.165) is 59.0 Å². The maximum atomic E-state index is 13.0. The molecule has 0 unspecified atom stereocenters. The molecule has 1 fully saturated rings. The van der Waals surface area contributed by atoms with Gasteiger partial charge in [0, 0.05) is 52.0 Å². The Morgan fingerprint density at radius 1 is 0.809 bits per heavy atom. The highest BCUT2D eigenvalue weighted by Gasteiger charge is 2.20. The molecule has 1 aliphatic heterocycles. The third-order valence-electron chi connectivity index (χ3n) is 8.02. The minimum atomic E-state index is 0.0333. The minimum absolute atomic E-state index is 0.0333. The summed E-state index contributed by atoms with van der Waals surface area (Å²) in [5, 5.41) is 0. The number of ether oxygens (including phenoxy) is 4. The van der Waals surface area contributed by atoms with E-state index in [9.17, 15) is 4.79 Å². The molecule has 1 aromatic heterocycles. The molecule has 2 heterocycles. The standard InChI is InChI=1S/C39H43N3O5/c1-29-24-34(13-18-38(43)42-21-19-41(20-22-42)27-32-9-7-31(8-10-32)6-5-23-44-3)25-30(2)39(29)47-37-17-16-36(26-40-37)46-28-33-11-14-35(45-4)15-12-33/h5-18,24-26H,19-23,27-28H2,1-4H3. The van der Waals surface area contributed by atoms with E-state index in [-0.39, 0.29) is 5.91 Å². The monoisotopic (exact) mass is 633 g/mol.